The molecule has 0 radical (unpaired) electrons. The number of nitrogens with zero attached hydrogens (tertiary/aromatic N) is 3. The van der Waals surface area contributed by atoms with Gasteiger partial charge in [-0.2, -0.15) is 0 Å². The van der Waals surface area contributed by atoms with E-state index in [1.807, 2.05) is 13.0 Å². The van der Waals surface area contributed by atoms with Gasteiger partial charge in [0.05, 0.1) is 6.04 Å². The fourth-order valence-corrected chi connectivity index (χ4v) is 2.29. The Morgan fingerprint density at radius 1 is 1.15 bits per heavy atom. The van der Waals surface area contributed by atoms with Crippen molar-refractivity contribution in [1.82, 2.24) is 14.9 Å². The predicted molar refractivity (Wildman–Crippen MR) is 82.9 cm³/mol. The quantitative estimate of drug-likeness (QED) is 0.907. The lowest BCUT2D eigenvalue weighted by Gasteiger charge is -2.26. The molecule has 1 aromatic heterocycles. The first-order valence-electron chi connectivity index (χ1n) is 6.83. The average Bonchev–Trinajstić information content (AvgIpc) is 2.40. The highest BCUT2D eigenvalue weighted by Gasteiger charge is 2.15. The van der Waals surface area contributed by atoms with E-state index in [1.165, 1.54) is 11.1 Å². The number of hydrogen-bond acceptors (Lipinski definition) is 4. The number of benzene rings is 1. The van der Waals surface area contributed by atoms with E-state index in [4.69, 9.17) is 0 Å². The molecule has 0 bridgehead atoms. The Balaban J connectivity index is 2.13. The molecule has 106 valence electrons. The summed E-state index contributed by atoms with van der Waals surface area (Å²) in [6, 6.07) is 10.7. The molecule has 2 aromatic rings. The summed E-state index contributed by atoms with van der Waals surface area (Å²) >= 11 is 0. The van der Waals surface area contributed by atoms with Crippen molar-refractivity contribution in [3.8, 4) is 0 Å². The fraction of sp³-hybridized carbons (Fsp3) is 0.375. The minimum absolute atomic E-state index is 0.312. The van der Waals surface area contributed by atoms with E-state index in [9.17, 15) is 0 Å². The van der Waals surface area contributed by atoms with Crippen LogP contribution in [0.15, 0.2) is 36.5 Å². The molecule has 20 heavy (non-hydrogen) atoms. The largest absolute Gasteiger partial charge is 0.368 e. The van der Waals surface area contributed by atoms with Crippen LogP contribution in [-0.2, 0) is 0 Å². The van der Waals surface area contributed by atoms with Gasteiger partial charge in [-0.15, -0.1) is 0 Å². The van der Waals surface area contributed by atoms with Gasteiger partial charge in [-0.25, -0.2) is 9.97 Å². The lowest BCUT2D eigenvalue weighted by Crippen LogP contribution is -2.27. The van der Waals surface area contributed by atoms with Gasteiger partial charge in [0.25, 0.3) is 0 Å². The summed E-state index contributed by atoms with van der Waals surface area (Å²) in [6.07, 6.45) is 1.78. The van der Waals surface area contributed by atoms with E-state index in [0.717, 1.165) is 18.2 Å². The number of aromatic nitrogens is 2. The van der Waals surface area contributed by atoms with Crippen molar-refractivity contribution < 1.29 is 0 Å². The van der Waals surface area contributed by atoms with Crippen LogP contribution < -0.4 is 5.32 Å². The molecule has 0 saturated heterocycles. The Kier molecular flexibility index (Phi) is 4.69. The molecule has 0 saturated carbocycles. The van der Waals surface area contributed by atoms with Crippen molar-refractivity contribution in [2.75, 3.05) is 26.0 Å². The predicted octanol–water partition coefficient (Wildman–Crippen LogP) is 2.81. The van der Waals surface area contributed by atoms with Crippen LogP contribution in [-0.4, -0.2) is 35.5 Å². The first-order valence-corrected chi connectivity index (χ1v) is 6.83. The summed E-state index contributed by atoms with van der Waals surface area (Å²) in [5.74, 6) is 1.66. The van der Waals surface area contributed by atoms with Crippen LogP contribution >= 0.6 is 0 Å². The number of hydrogen-bond donors (Lipinski definition) is 1. The van der Waals surface area contributed by atoms with E-state index in [0.29, 0.717) is 6.04 Å². The highest BCUT2D eigenvalue weighted by Crippen LogP contribution is 2.22. The normalized spacial score (nSPS) is 12.4. The molecule has 2 rings (SSSR count). The van der Waals surface area contributed by atoms with Crippen molar-refractivity contribution >= 4 is 5.82 Å². The fourth-order valence-electron chi connectivity index (χ4n) is 2.29. The zero-order valence-corrected chi connectivity index (χ0v) is 12.6. The Morgan fingerprint density at radius 2 is 1.90 bits per heavy atom. The highest BCUT2D eigenvalue weighted by molar-refractivity contribution is 5.35. The molecular formula is C16H22N4. The Bertz CT molecular complexity index is 566. The molecule has 0 aliphatic rings. The molecule has 0 amide bonds. The Morgan fingerprint density at radius 3 is 2.55 bits per heavy atom. The van der Waals surface area contributed by atoms with E-state index < -0.39 is 0 Å². The second-order valence-electron chi connectivity index (χ2n) is 5.21. The maximum atomic E-state index is 4.38. The van der Waals surface area contributed by atoms with E-state index in [-0.39, 0.29) is 0 Å². The van der Waals surface area contributed by atoms with Crippen LogP contribution in [0.25, 0.3) is 0 Å². The summed E-state index contributed by atoms with van der Waals surface area (Å²) in [5.41, 5.74) is 2.66. The van der Waals surface area contributed by atoms with Gasteiger partial charge in [-0.3, -0.25) is 0 Å². The highest BCUT2D eigenvalue weighted by atomic mass is 15.1. The van der Waals surface area contributed by atoms with Gasteiger partial charge in [0.1, 0.15) is 11.6 Å². The zero-order valence-electron chi connectivity index (χ0n) is 12.6. The maximum absolute atomic E-state index is 4.38. The third-order valence-corrected chi connectivity index (χ3v) is 3.42. The van der Waals surface area contributed by atoms with Crippen molar-refractivity contribution in [2.24, 2.45) is 0 Å². The third-order valence-electron chi connectivity index (χ3n) is 3.42. The second-order valence-corrected chi connectivity index (χ2v) is 5.21. The van der Waals surface area contributed by atoms with E-state index in [1.54, 1.807) is 6.20 Å². The van der Waals surface area contributed by atoms with Crippen molar-refractivity contribution in [3.05, 3.63) is 53.5 Å². The van der Waals surface area contributed by atoms with Crippen molar-refractivity contribution in [3.63, 3.8) is 0 Å². The topological polar surface area (TPSA) is 41.1 Å². The standard InChI is InChI=1S/C16H22N4/c1-12-7-5-6-8-14(12)15(20(3)4)11-18-16-9-10-17-13(2)19-16/h5-10,15H,11H2,1-4H3,(H,17,18,19)/t15-/m1/s1. The summed E-state index contributed by atoms with van der Waals surface area (Å²) in [5, 5.41) is 3.40. The molecule has 4 heteroatoms. The summed E-state index contributed by atoms with van der Waals surface area (Å²) < 4.78 is 0. The van der Waals surface area contributed by atoms with E-state index >= 15 is 0 Å². The van der Waals surface area contributed by atoms with Gasteiger partial charge < -0.3 is 10.2 Å². The van der Waals surface area contributed by atoms with Gasteiger partial charge in [-0.05, 0) is 45.1 Å². The zero-order chi connectivity index (χ0) is 14.5. The van der Waals surface area contributed by atoms with Crippen molar-refractivity contribution in [1.29, 1.82) is 0 Å². The summed E-state index contributed by atoms with van der Waals surface area (Å²) in [4.78, 5) is 10.7. The second kappa shape index (κ2) is 6.48. The molecule has 0 spiro atoms. The third kappa shape index (κ3) is 3.54. The van der Waals surface area contributed by atoms with Gasteiger partial charge in [0.2, 0.25) is 0 Å². The number of rotatable bonds is 5. The first-order chi connectivity index (χ1) is 9.58. The van der Waals surface area contributed by atoms with Crippen LogP contribution in [0.2, 0.25) is 0 Å². The molecule has 0 unspecified atom stereocenters. The van der Waals surface area contributed by atoms with Crippen LogP contribution in [0.5, 0.6) is 0 Å². The maximum Gasteiger partial charge on any atom is 0.129 e. The van der Waals surface area contributed by atoms with Crippen LogP contribution in [0.4, 0.5) is 5.82 Å². The lowest BCUT2D eigenvalue weighted by atomic mass is 10.0. The molecule has 1 heterocycles. The van der Waals surface area contributed by atoms with Crippen LogP contribution in [0.3, 0.4) is 0 Å². The first kappa shape index (κ1) is 14.5. The molecule has 0 fully saturated rings. The minimum Gasteiger partial charge on any atom is -0.368 e. The number of likely N-dealkylation sites (N-methyl/N-ethyl adjacent to an activating group) is 1. The van der Waals surface area contributed by atoms with Gasteiger partial charge >= 0.3 is 0 Å². The van der Waals surface area contributed by atoms with Gasteiger partial charge in [0.15, 0.2) is 0 Å². The van der Waals surface area contributed by atoms with Crippen LogP contribution in [0, 0.1) is 13.8 Å². The number of nitrogens with one attached hydrogen (secondary N) is 1. The van der Waals surface area contributed by atoms with Crippen LogP contribution in [0.1, 0.15) is 23.0 Å². The molecule has 1 aromatic carbocycles. The molecule has 1 N–H and O–H groups in total. The summed E-state index contributed by atoms with van der Waals surface area (Å²) in [6.45, 7) is 4.87. The average molecular weight is 270 g/mol. The molecule has 0 aliphatic heterocycles. The Labute approximate surface area is 120 Å². The smallest absolute Gasteiger partial charge is 0.129 e. The number of anilines is 1. The molecule has 4 nitrogen and oxygen atoms in total. The number of aryl methyl sites for hydroxylation is 2. The minimum atomic E-state index is 0.312. The summed E-state index contributed by atoms with van der Waals surface area (Å²) in [7, 11) is 4.20. The molecular weight excluding hydrogens is 248 g/mol. The Hall–Kier alpha value is -1.94. The lowest BCUT2D eigenvalue weighted by molar-refractivity contribution is 0.310. The van der Waals surface area contributed by atoms with E-state index in [2.05, 4.69) is 65.5 Å². The SMILES string of the molecule is Cc1nccc(NC[C@H](c2ccccc2C)N(C)C)n1. The monoisotopic (exact) mass is 270 g/mol. The molecule has 0 aliphatic carbocycles. The van der Waals surface area contributed by atoms with Crippen molar-refractivity contribution in [2.45, 2.75) is 19.9 Å². The van der Waals surface area contributed by atoms with Gasteiger partial charge in [-0.1, -0.05) is 24.3 Å². The molecule has 1 atom stereocenters. The van der Waals surface area contributed by atoms with Gasteiger partial charge in [0, 0.05) is 12.7 Å².